The maximum absolute atomic E-state index is 12.7. The molecule has 0 unspecified atom stereocenters. The van der Waals surface area contributed by atoms with Crippen LogP contribution in [-0.2, 0) is 0 Å². The summed E-state index contributed by atoms with van der Waals surface area (Å²) in [5.74, 6) is 0.733. The molecule has 4 heteroatoms. The predicted molar refractivity (Wildman–Crippen MR) is 79.1 cm³/mol. The number of para-hydroxylation sites is 2. The smallest absolute Gasteiger partial charge is 0.258 e. The van der Waals surface area contributed by atoms with E-state index in [1.54, 1.807) is 29.2 Å². The van der Waals surface area contributed by atoms with Crippen LogP contribution in [0.3, 0.4) is 0 Å². The molecule has 0 saturated heterocycles. The zero-order chi connectivity index (χ0) is 13.9. The van der Waals surface area contributed by atoms with E-state index in [2.05, 4.69) is 0 Å². The van der Waals surface area contributed by atoms with Gasteiger partial charge in [-0.2, -0.15) is 0 Å². The quantitative estimate of drug-likeness (QED) is 0.809. The second-order valence-electron chi connectivity index (χ2n) is 4.75. The number of amides is 1. The largest absolute Gasteiger partial charge is 0.491 e. The molecule has 3 rings (SSSR count). The van der Waals surface area contributed by atoms with Crippen molar-refractivity contribution in [3.05, 3.63) is 54.1 Å². The van der Waals surface area contributed by atoms with Gasteiger partial charge in [-0.15, -0.1) is 0 Å². The molecule has 0 aromatic heterocycles. The van der Waals surface area contributed by atoms with Gasteiger partial charge in [-0.1, -0.05) is 12.1 Å². The van der Waals surface area contributed by atoms with Gasteiger partial charge in [0, 0.05) is 17.8 Å². The molecule has 102 valence electrons. The van der Waals surface area contributed by atoms with Crippen molar-refractivity contribution >= 4 is 17.3 Å². The number of fused-ring (bicyclic) bond motifs is 1. The first-order valence-corrected chi connectivity index (χ1v) is 6.65. The number of nitrogens with two attached hydrogens (primary N) is 1. The molecule has 1 amide bonds. The van der Waals surface area contributed by atoms with Crippen molar-refractivity contribution in [3.8, 4) is 5.75 Å². The number of rotatable bonds is 1. The van der Waals surface area contributed by atoms with E-state index in [1.165, 1.54) is 0 Å². The minimum Gasteiger partial charge on any atom is -0.491 e. The Kier molecular flexibility index (Phi) is 3.29. The fraction of sp³-hybridized carbons (Fsp3) is 0.188. The van der Waals surface area contributed by atoms with Crippen molar-refractivity contribution in [1.82, 2.24) is 0 Å². The molecule has 1 heterocycles. The monoisotopic (exact) mass is 268 g/mol. The van der Waals surface area contributed by atoms with Gasteiger partial charge in [0.05, 0.1) is 12.3 Å². The molecule has 0 saturated carbocycles. The van der Waals surface area contributed by atoms with Crippen LogP contribution >= 0.6 is 0 Å². The van der Waals surface area contributed by atoms with Crippen LogP contribution in [0.2, 0.25) is 0 Å². The molecule has 1 aliphatic heterocycles. The Morgan fingerprint density at radius 2 is 1.85 bits per heavy atom. The highest BCUT2D eigenvalue weighted by atomic mass is 16.5. The third kappa shape index (κ3) is 2.32. The molecule has 0 fully saturated rings. The molecule has 2 aromatic carbocycles. The summed E-state index contributed by atoms with van der Waals surface area (Å²) < 4.78 is 5.67. The third-order valence-corrected chi connectivity index (χ3v) is 3.34. The van der Waals surface area contributed by atoms with Gasteiger partial charge in [0.1, 0.15) is 5.75 Å². The highest BCUT2D eigenvalue weighted by molar-refractivity contribution is 6.07. The number of carbonyl (C=O) groups excluding carboxylic acids is 1. The first-order valence-electron chi connectivity index (χ1n) is 6.65. The molecule has 4 nitrogen and oxygen atoms in total. The molecular formula is C16H16N2O2. The van der Waals surface area contributed by atoms with Crippen LogP contribution in [0, 0.1) is 0 Å². The van der Waals surface area contributed by atoms with Crippen molar-refractivity contribution in [2.75, 3.05) is 23.8 Å². The minimum absolute atomic E-state index is 0.0250. The molecule has 0 atom stereocenters. The first kappa shape index (κ1) is 12.5. The Balaban J connectivity index is 1.97. The summed E-state index contributed by atoms with van der Waals surface area (Å²) in [4.78, 5) is 14.4. The Morgan fingerprint density at radius 1 is 1.10 bits per heavy atom. The zero-order valence-electron chi connectivity index (χ0n) is 11.1. The van der Waals surface area contributed by atoms with Crippen LogP contribution in [0.25, 0.3) is 0 Å². The first-order chi connectivity index (χ1) is 9.75. The summed E-state index contributed by atoms with van der Waals surface area (Å²) in [6.45, 7) is 1.28. The Bertz CT molecular complexity index is 623. The second-order valence-corrected chi connectivity index (χ2v) is 4.75. The number of nitrogens with zero attached hydrogens (tertiary/aromatic N) is 1. The van der Waals surface area contributed by atoms with Gasteiger partial charge in [-0.25, -0.2) is 0 Å². The van der Waals surface area contributed by atoms with Crippen LogP contribution in [0.5, 0.6) is 5.75 Å². The number of ether oxygens (including phenoxy) is 1. The standard InChI is InChI=1S/C16H16N2O2/c17-13-8-6-12(7-9-13)16(19)18-10-3-11-20-15-5-2-1-4-14(15)18/h1-2,4-9H,3,10-11,17H2. The molecule has 1 aliphatic rings. The van der Waals surface area contributed by atoms with Gasteiger partial charge < -0.3 is 15.4 Å². The van der Waals surface area contributed by atoms with Gasteiger partial charge in [-0.05, 0) is 42.8 Å². The fourth-order valence-electron chi connectivity index (χ4n) is 2.32. The lowest BCUT2D eigenvalue weighted by Gasteiger charge is -2.21. The summed E-state index contributed by atoms with van der Waals surface area (Å²) in [6, 6.07) is 14.6. The molecule has 2 aromatic rings. The summed E-state index contributed by atoms with van der Waals surface area (Å²) in [5.41, 5.74) is 7.78. The topological polar surface area (TPSA) is 55.6 Å². The molecule has 0 spiro atoms. The number of benzene rings is 2. The number of hydrogen-bond donors (Lipinski definition) is 1. The van der Waals surface area contributed by atoms with Gasteiger partial charge in [0.25, 0.3) is 5.91 Å². The lowest BCUT2D eigenvalue weighted by atomic mass is 10.1. The average Bonchev–Trinajstić information content (AvgIpc) is 2.69. The summed E-state index contributed by atoms with van der Waals surface area (Å²) in [5, 5.41) is 0. The number of anilines is 2. The van der Waals surface area contributed by atoms with Crippen molar-refractivity contribution in [2.45, 2.75) is 6.42 Å². The molecule has 20 heavy (non-hydrogen) atoms. The van der Waals surface area contributed by atoms with E-state index in [9.17, 15) is 4.79 Å². The Morgan fingerprint density at radius 3 is 2.65 bits per heavy atom. The van der Waals surface area contributed by atoms with E-state index in [4.69, 9.17) is 10.5 Å². The summed E-state index contributed by atoms with van der Waals surface area (Å²) >= 11 is 0. The van der Waals surface area contributed by atoms with E-state index in [0.717, 1.165) is 17.9 Å². The van der Waals surface area contributed by atoms with Gasteiger partial charge >= 0.3 is 0 Å². The maximum atomic E-state index is 12.7. The fourth-order valence-corrected chi connectivity index (χ4v) is 2.32. The molecule has 0 bridgehead atoms. The van der Waals surface area contributed by atoms with Crippen molar-refractivity contribution in [3.63, 3.8) is 0 Å². The summed E-state index contributed by atoms with van der Waals surface area (Å²) in [7, 11) is 0. The second kappa shape index (κ2) is 5.25. The van der Waals surface area contributed by atoms with E-state index >= 15 is 0 Å². The molecule has 0 aliphatic carbocycles. The number of nitrogen functional groups attached to an aromatic ring is 1. The van der Waals surface area contributed by atoms with Crippen molar-refractivity contribution in [1.29, 1.82) is 0 Å². The normalized spacial score (nSPS) is 14.1. The van der Waals surface area contributed by atoms with Crippen LogP contribution in [0.15, 0.2) is 48.5 Å². The van der Waals surface area contributed by atoms with E-state index in [1.807, 2.05) is 24.3 Å². The van der Waals surface area contributed by atoms with Gasteiger partial charge in [0.15, 0.2) is 0 Å². The van der Waals surface area contributed by atoms with Gasteiger partial charge in [-0.3, -0.25) is 4.79 Å². The average molecular weight is 268 g/mol. The van der Waals surface area contributed by atoms with Crippen molar-refractivity contribution < 1.29 is 9.53 Å². The molecule has 2 N–H and O–H groups in total. The zero-order valence-corrected chi connectivity index (χ0v) is 11.1. The van der Waals surface area contributed by atoms with E-state index < -0.39 is 0 Å². The van der Waals surface area contributed by atoms with Crippen LogP contribution < -0.4 is 15.4 Å². The third-order valence-electron chi connectivity index (χ3n) is 3.34. The van der Waals surface area contributed by atoms with Crippen LogP contribution in [0.4, 0.5) is 11.4 Å². The lowest BCUT2D eigenvalue weighted by Crippen LogP contribution is -2.31. The van der Waals surface area contributed by atoms with E-state index in [0.29, 0.717) is 24.4 Å². The van der Waals surface area contributed by atoms with Crippen molar-refractivity contribution in [2.24, 2.45) is 0 Å². The van der Waals surface area contributed by atoms with E-state index in [-0.39, 0.29) is 5.91 Å². The van der Waals surface area contributed by atoms with Crippen LogP contribution in [-0.4, -0.2) is 19.1 Å². The lowest BCUT2D eigenvalue weighted by molar-refractivity contribution is 0.0987. The SMILES string of the molecule is Nc1ccc(C(=O)N2CCCOc3ccccc32)cc1. The highest BCUT2D eigenvalue weighted by Crippen LogP contribution is 2.31. The molecular weight excluding hydrogens is 252 g/mol. The highest BCUT2D eigenvalue weighted by Gasteiger charge is 2.22. The summed E-state index contributed by atoms with van der Waals surface area (Å²) in [6.07, 6.45) is 0.815. The minimum atomic E-state index is -0.0250. The maximum Gasteiger partial charge on any atom is 0.258 e. The Labute approximate surface area is 117 Å². The predicted octanol–water partition coefficient (Wildman–Crippen LogP) is 2.70. The number of hydrogen-bond acceptors (Lipinski definition) is 3. The van der Waals surface area contributed by atoms with Crippen LogP contribution in [0.1, 0.15) is 16.8 Å². The van der Waals surface area contributed by atoms with Gasteiger partial charge in [0.2, 0.25) is 0 Å². The Hall–Kier alpha value is -2.49. The molecule has 0 radical (unpaired) electrons. The number of carbonyl (C=O) groups is 1.